The van der Waals surface area contributed by atoms with E-state index in [0.717, 1.165) is 21.3 Å². The molecule has 6 heteroatoms. The van der Waals surface area contributed by atoms with Crippen LogP contribution >= 0.6 is 15.9 Å². The van der Waals surface area contributed by atoms with Gasteiger partial charge in [0.2, 0.25) is 6.04 Å². The number of anilines is 1. The molecule has 0 amide bonds. The Hall–Kier alpha value is -3.25. The number of fused-ring (bicyclic) bond motifs is 3. The predicted molar refractivity (Wildman–Crippen MR) is 124 cm³/mol. The highest BCUT2D eigenvalue weighted by Gasteiger charge is 2.58. The van der Waals surface area contributed by atoms with E-state index in [1.807, 2.05) is 83.8 Å². The maximum Gasteiger partial charge on any atom is 0.245 e. The van der Waals surface area contributed by atoms with Crippen molar-refractivity contribution in [2.24, 2.45) is 0 Å². The molecule has 3 aromatic rings. The van der Waals surface area contributed by atoms with Crippen molar-refractivity contribution in [1.82, 2.24) is 0 Å². The van der Waals surface area contributed by atoms with Crippen LogP contribution in [-0.4, -0.2) is 28.8 Å². The molecule has 31 heavy (non-hydrogen) atoms. The number of ketones is 1. The lowest BCUT2D eigenvalue weighted by Gasteiger charge is -2.34. The maximum absolute atomic E-state index is 13.9. The van der Waals surface area contributed by atoms with E-state index in [-0.39, 0.29) is 10.7 Å². The minimum atomic E-state index is -0.934. The number of hydrogen-bond acceptors (Lipinski definition) is 4. The minimum absolute atomic E-state index is 0.110. The summed E-state index contributed by atoms with van der Waals surface area (Å²) in [6.45, 7) is 0. The third-order valence-electron chi connectivity index (χ3n) is 6.19. The second kappa shape index (κ2) is 7.78. The maximum atomic E-state index is 13.9. The van der Waals surface area contributed by atoms with Crippen LogP contribution < -0.4 is 4.90 Å². The summed E-state index contributed by atoms with van der Waals surface area (Å²) in [5.74, 6) is -0.686. The Bertz CT molecular complexity index is 1180. The van der Waals surface area contributed by atoms with Crippen LogP contribution in [0.15, 0.2) is 89.4 Å². The van der Waals surface area contributed by atoms with Crippen LogP contribution in [0.4, 0.5) is 5.69 Å². The zero-order chi connectivity index (χ0) is 21.5. The van der Waals surface area contributed by atoms with Gasteiger partial charge in [-0.1, -0.05) is 88.7 Å². The van der Waals surface area contributed by atoms with Crippen molar-refractivity contribution in [3.8, 4) is 0 Å². The number of hydrogen-bond donors (Lipinski definition) is 0. The van der Waals surface area contributed by atoms with Gasteiger partial charge in [-0.3, -0.25) is 14.9 Å². The van der Waals surface area contributed by atoms with Crippen LogP contribution in [-0.2, 0) is 0 Å². The number of nitro groups is 1. The molecule has 0 radical (unpaired) electrons. The normalized spacial score (nSPS) is 23.8. The Balaban J connectivity index is 1.72. The van der Waals surface area contributed by atoms with Crippen molar-refractivity contribution < 1.29 is 9.72 Å². The van der Waals surface area contributed by atoms with Crippen LogP contribution in [0, 0.1) is 10.1 Å². The molecule has 4 atom stereocenters. The number of Topliss-reactive ketones (excluding diaryl/α,β-unsaturated/α-hetero) is 1. The number of benzene rings is 3. The van der Waals surface area contributed by atoms with E-state index in [0.29, 0.717) is 5.56 Å². The molecule has 2 heterocycles. The summed E-state index contributed by atoms with van der Waals surface area (Å²) in [6, 6.07) is 22.2. The first kappa shape index (κ1) is 19.7. The lowest BCUT2D eigenvalue weighted by molar-refractivity contribution is -0.524. The number of nitrogens with zero attached hydrogens (tertiary/aromatic N) is 2. The van der Waals surface area contributed by atoms with Crippen molar-refractivity contribution in [2.75, 3.05) is 4.90 Å². The monoisotopic (exact) mass is 474 g/mol. The fourth-order valence-electron chi connectivity index (χ4n) is 4.89. The summed E-state index contributed by atoms with van der Waals surface area (Å²) in [7, 11) is 0. The molecule has 1 fully saturated rings. The average molecular weight is 475 g/mol. The highest BCUT2D eigenvalue weighted by Crippen LogP contribution is 2.46. The molecule has 3 aromatic carbocycles. The highest BCUT2D eigenvalue weighted by atomic mass is 79.9. The van der Waals surface area contributed by atoms with Gasteiger partial charge >= 0.3 is 0 Å². The number of para-hydroxylation sites is 1. The lowest BCUT2D eigenvalue weighted by Crippen LogP contribution is -2.44. The largest absolute Gasteiger partial charge is 0.346 e. The van der Waals surface area contributed by atoms with E-state index in [1.54, 1.807) is 12.1 Å². The zero-order valence-corrected chi connectivity index (χ0v) is 18.1. The van der Waals surface area contributed by atoms with E-state index in [9.17, 15) is 14.9 Å². The van der Waals surface area contributed by atoms with E-state index < -0.39 is 24.0 Å². The molecule has 0 aromatic heterocycles. The van der Waals surface area contributed by atoms with Crippen LogP contribution in [0.2, 0.25) is 0 Å². The Morgan fingerprint density at radius 1 is 0.935 bits per heavy atom. The summed E-state index contributed by atoms with van der Waals surface area (Å²) < 4.78 is 0.877. The van der Waals surface area contributed by atoms with Gasteiger partial charge in [-0.15, -0.1) is 0 Å². The van der Waals surface area contributed by atoms with E-state index in [1.165, 1.54) is 0 Å². The van der Waals surface area contributed by atoms with Crippen LogP contribution in [0.25, 0.3) is 6.08 Å². The van der Waals surface area contributed by atoms with Gasteiger partial charge in [0.25, 0.3) is 0 Å². The molecular weight excluding hydrogens is 456 g/mol. The summed E-state index contributed by atoms with van der Waals surface area (Å²) >= 11 is 3.41. The van der Waals surface area contributed by atoms with Gasteiger partial charge in [-0.25, -0.2) is 0 Å². The van der Waals surface area contributed by atoms with Gasteiger partial charge in [0.15, 0.2) is 5.78 Å². The molecule has 1 saturated heterocycles. The summed E-state index contributed by atoms with van der Waals surface area (Å²) in [6.07, 6.45) is 3.81. The SMILES string of the molecule is O=C(c1ccc(Br)cc1)[C@@H]1[C@H](c2ccccc2)[C@H]([N+](=O)[O-])[C@@H]2C=Cc3ccccc3N12. The van der Waals surface area contributed by atoms with E-state index >= 15 is 0 Å². The van der Waals surface area contributed by atoms with Gasteiger partial charge in [0, 0.05) is 20.6 Å². The molecule has 0 spiro atoms. The highest BCUT2D eigenvalue weighted by molar-refractivity contribution is 9.10. The Labute approximate surface area is 188 Å². The standard InChI is InChI=1S/C25H19BrN2O3/c26-19-13-10-18(11-14-19)25(29)24-22(17-7-2-1-3-8-17)23(28(30)31)21-15-12-16-6-4-5-9-20(16)27(21)24/h1-15,21-24H/t21-,22+,23+,24-/m0/s1. The fraction of sp³-hybridized carbons (Fsp3) is 0.160. The van der Waals surface area contributed by atoms with Gasteiger partial charge < -0.3 is 4.90 Å². The molecule has 5 rings (SSSR count). The average Bonchev–Trinajstić information content (AvgIpc) is 3.15. The van der Waals surface area contributed by atoms with Crippen molar-refractivity contribution in [3.63, 3.8) is 0 Å². The fourth-order valence-corrected chi connectivity index (χ4v) is 5.15. The van der Waals surface area contributed by atoms with Crippen molar-refractivity contribution in [2.45, 2.75) is 24.0 Å². The minimum Gasteiger partial charge on any atom is -0.346 e. The van der Waals surface area contributed by atoms with E-state index in [2.05, 4.69) is 15.9 Å². The molecule has 5 nitrogen and oxygen atoms in total. The number of carbonyl (C=O) groups excluding carboxylic acids is 1. The van der Waals surface area contributed by atoms with Gasteiger partial charge in [-0.05, 0) is 29.3 Å². The summed E-state index contributed by atoms with van der Waals surface area (Å²) in [5.41, 5.74) is 3.17. The molecule has 0 bridgehead atoms. The predicted octanol–water partition coefficient (Wildman–Crippen LogP) is 5.35. The lowest BCUT2D eigenvalue weighted by atomic mass is 9.84. The number of carbonyl (C=O) groups is 1. The van der Waals surface area contributed by atoms with Crippen molar-refractivity contribution in [1.29, 1.82) is 0 Å². The number of halogens is 1. The number of rotatable bonds is 4. The second-order valence-corrected chi connectivity index (χ2v) is 8.76. The Kier molecular flexibility index (Phi) is 4.94. The zero-order valence-electron chi connectivity index (χ0n) is 16.5. The van der Waals surface area contributed by atoms with Crippen molar-refractivity contribution in [3.05, 3.63) is 116 Å². The van der Waals surface area contributed by atoms with Crippen LogP contribution in [0.1, 0.15) is 27.4 Å². The summed E-state index contributed by atoms with van der Waals surface area (Å²) in [4.78, 5) is 27.9. The molecule has 2 aliphatic rings. The van der Waals surface area contributed by atoms with Gasteiger partial charge in [0.05, 0.1) is 5.92 Å². The molecule has 0 aliphatic carbocycles. The van der Waals surface area contributed by atoms with Crippen molar-refractivity contribution >= 4 is 33.5 Å². The Morgan fingerprint density at radius 3 is 2.32 bits per heavy atom. The Morgan fingerprint density at radius 2 is 1.61 bits per heavy atom. The first-order chi connectivity index (χ1) is 15.1. The molecular formula is C25H19BrN2O3. The second-order valence-electron chi connectivity index (χ2n) is 7.84. The quantitative estimate of drug-likeness (QED) is 0.290. The third kappa shape index (κ3) is 3.27. The molecule has 0 saturated carbocycles. The van der Waals surface area contributed by atoms with E-state index in [4.69, 9.17) is 0 Å². The van der Waals surface area contributed by atoms with Crippen LogP contribution in [0.3, 0.4) is 0 Å². The van der Waals surface area contributed by atoms with Crippen LogP contribution in [0.5, 0.6) is 0 Å². The topological polar surface area (TPSA) is 63.4 Å². The smallest absolute Gasteiger partial charge is 0.245 e. The third-order valence-corrected chi connectivity index (χ3v) is 6.72. The first-order valence-electron chi connectivity index (χ1n) is 10.1. The van der Waals surface area contributed by atoms with Gasteiger partial charge in [-0.2, -0.15) is 0 Å². The molecule has 0 unspecified atom stereocenters. The van der Waals surface area contributed by atoms with Gasteiger partial charge in [0.1, 0.15) is 12.1 Å². The molecule has 0 N–H and O–H groups in total. The summed E-state index contributed by atoms with van der Waals surface area (Å²) in [5, 5.41) is 12.3. The first-order valence-corrected chi connectivity index (χ1v) is 10.9. The molecule has 2 aliphatic heterocycles. The molecule has 154 valence electrons.